The third-order valence-corrected chi connectivity index (χ3v) is 31.8. The Morgan fingerprint density at radius 3 is 1.61 bits per heavy atom. The zero-order valence-corrected chi connectivity index (χ0v) is 75.9. The fourth-order valence-electron chi connectivity index (χ4n) is 23.2. The molecule has 0 aromatic rings. The molecule has 49 atom stereocenters. The number of carboxylic acid groups (broad SMARTS) is 1. The number of aliphatic hydroxyl groups is 21. The molecule has 4 saturated carbocycles. The minimum absolute atomic E-state index is 0.00937. The van der Waals surface area contributed by atoms with Crippen molar-refractivity contribution in [3.05, 3.63) is 11.6 Å². The van der Waals surface area contributed by atoms with Gasteiger partial charge in [0.25, 0.3) is 0 Å². The lowest BCUT2D eigenvalue weighted by Crippen LogP contribution is -2.69. The summed E-state index contributed by atoms with van der Waals surface area (Å²) in [5, 5.41) is 244. The molecule has 43 heteroatoms. The lowest BCUT2D eigenvalue weighted by atomic mass is 9.33. The van der Waals surface area contributed by atoms with Gasteiger partial charge in [0, 0.05) is 12.8 Å². The van der Waals surface area contributed by atoms with Gasteiger partial charge >= 0.3 is 23.9 Å². The van der Waals surface area contributed by atoms with E-state index in [1.807, 2.05) is 20.8 Å². The molecule has 7 saturated heterocycles. The van der Waals surface area contributed by atoms with Gasteiger partial charge in [0.15, 0.2) is 56.1 Å². The maximum absolute atomic E-state index is 16.5. The fourth-order valence-corrected chi connectivity index (χ4v) is 23.2. The van der Waals surface area contributed by atoms with Crippen molar-refractivity contribution in [1.29, 1.82) is 0 Å². The van der Waals surface area contributed by atoms with E-state index in [-0.39, 0.29) is 43.9 Å². The molecule has 752 valence electrons. The van der Waals surface area contributed by atoms with Gasteiger partial charge in [-0.05, 0) is 123 Å². The van der Waals surface area contributed by atoms with Crippen LogP contribution in [-0.2, 0) is 99.8 Å². The van der Waals surface area contributed by atoms with Crippen LogP contribution in [0.5, 0.6) is 0 Å². The number of hydrogen-bond acceptors (Lipinski definition) is 42. The predicted molar refractivity (Wildman–Crippen MR) is 437 cm³/mol. The van der Waals surface area contributed by atoms with Crippen molar-refractivity contribution in [2.75, 3.05) is 26.4 Å². The van der Waals surface area contributed by atoms with Gasteiger partial charge in [0.2, 0.25) is 6.29 Å². The van der Waals surface area contributed by atoms with E-state index < -0.39 is 359 Å². The summed E-state index contributed by atoms with van der Waals surface area (Å²) in [6.45, 7) is 18.8. The van der Waals surface area contributed by atoms with Gasteiger partial charge in [-0.15, -0.1) is 0 Å². The maximum Gasteiger partial charge on any atom is 0.335 e. The Bertz CT molecular complexity index is 3850. The largest absolute Gasteiger partial charge is 0.479 e. The Balaban J connectivity index is 0.833. The summed E-state index contributed by atoms with van der Waals surface area (Å²) in [7, 11) is 0. The Labute approximate surface area is 758 Å². The first kappa shape index (κ1) is 106. The van der Waals surface area contributed by atoms with E-state index in [0.29, 0.717) is 44.9 Å². The van der Waals surface area contributed by atoms with E-state index in [9.17, 15) is 132 Å². The van der Waals surface area contributed by atoms with Gasteiger partial charge in [-0.25, -0.2) is 4.79 Å². The van der Waals surface area contributed by atoms with E-state index in [0.717, 1.165) is 11.9 Å². The highest BCUT2D eigenvalue weighted by Crippen LogP contribution is 2.76. The van der Waals surface area contributed by atoms with Crippen LogP contribution in [0.3, 0.4) is 0 Å². The zero-order chi connectivity index (χ0) is 96.5. The molecule has 0 radical (unpaired) electrons. The first-order valence-electron chi connectivity index (χ1n) is 46.0. The zero-order valence-electron chi connectivity index (χ0n) is 75.9. The second-order valence-electron chi connectivity index (χ2n) is 40.5. The molecule has 12 aliphatic rings. The number of aliphatic hydroxyl groups excluding tert-OH is 21. The number of aldehydes is 1. The van der Waals surface area contributed by atoms with Crippen LogP contribution in [0, 0.1) is 62.1 Å². The second-order valence-corrected chi connectivity index (χ2v) is 40.5. The number of fused-ring (bicyclic) bond motifs is 7. The van der Waals surface area contributed by atoms with Crippen LogP contribution in [-0.4, -0.2) is 408 Å². The minimum atomic E-state index is -2.31. The number of esters is 3. The molecular formula is C88H142O43. The standard InChI is InChI=1S/C88H142O43/c1-13-34(3)43(119-52(97)25-39(94)24-44(35(4)14-2)120-76-64(109)58(103)47(31-91)121-76)23-38(93)26-53(98)125-69-54(99)36(5)117-81(73(69)130-79-67(112)70(127-77-65(110)59(104)56(101)45(29-89)122-77)68(37(6)118-79)126-75-63(108)55(100)42(95)32-116-75)131-82(115)88-22-21-83(7,8)27-41(88)40-15-16-49-84(9)19-18-51(85(10,33-92)48(84)17-20-86(49,11)87(40,12)28-50(88)96)124-80-72(62(107)61(106)71(128-80)74(113)114)129-78-66(111)60(105)57(102)46(30-90)123-78/h15,33-39,41-51,54-73,75-81,89-91,93-96,99-112H,13-14,16-32H2,1-12H3,(H,113,114). The Morgan fingerprint density at radius 2 is 1.02 bits per heavy atom. The molecule has 0 aromatic heterocycles. The van der Waals surface area contributed by atoms with Crippen LogP contribution in [0.4, 0.5) is 0 Å². The van der Waals surface area contributed by atoms with Gasteiger partial charge in [0.05, 0.1) is 87.4 Å². The van der Waals surface area contributed by atoms with Gasteiger partial charge in [-0.1, -0.05) is 93.7 Å². The fraction of sp³-hybridized carbons (Fsp3) is 0.920. The summed E-state index contributed by atoms with van der Waals surface area (Å²) in [5.41, 5.74) is -5.43. The monoisotopic (exact) mass is 1890 g/mol. The number of aliphatic carboxylic acids is 1. The Kier molecular flexibility index (Phi) is 34.0. The van der Waals surface area contributed by atoms with Crippen molar-refractivity contribution in [2.45, 2.75) is 419 Å². The van der Waals surface area contributed by atoms with E-state index in [2.05, 4.69) is 26.8 Å². The highest BCUT2D eigenvalue weighted by Gasteiger charge is 2.74. The molecular weight excluding hydrogens is 1740 g/mol. The number of carbonyl (C=O) groups is 5. The van der Waals surface area contributed by atoms with Gasteiger partial charge in [-0.3, -0.25) is 14.4 Å². The molecule has 0 amide bonds. The maximum atomic E-state index is 16.5. The first-order valence-corrected chi connectivity index (χ1v) is 46.0. The van der Waals surface area contributed by atoms with E-state index >= 15 is 4.79 Å². The third-order valence-electron chi connectivity index (χ3n) is 31.8. The smallest absolute Gasteiger partial charge is 0.335 e. The third kappa shape index (κ3) is 20.5. The number of allylic oxidation sites excluding steroid dienone is 2. The predicted octanol–water partition coefficient (Wildman–Crippen LogP) is -4.79. The van der Waals surface area contributed by atoms with Crippen LogP contribution in [0.1, 0.15) is 179 Å². The van der Waals surface area contributed by atoms with E-state index in [1.165, 1.54) is 13.8 Å². The first-order chi connectivity index (χ1) is 61.5. The second kappa shape index (κ2) is 42.2. The summed E-state index contributed by atoms with van der Waals surface area (Å²) in [5.74, 6) is -7.35. The number of hydrogen-bond donors (Lipinski definition) is 22. The molecule has 0 spiro atoms. The van der Waals surface area contributed by atoms with Crippen LogP contribution in [0.15, 0.2) is 11.6 Å². The number of carboxylic acids is 1. The summed E-state index contributed by atoms with van der Waals surface area (Å²) in [6.07, 6.45) is -65.6. The average Bonchev–Trinajstić information content (AvgIpc) is 0.857. The van der Waals surface area contributed by atoms with Gasteiger partial charge in [-0.2, -0.15) is 0 Å². The van der Waals surface area contributed by atoms with Crippen LogP contribution < -0.4 is 0 Å². The molecule has 7 aliphatic heterocycles. The SMILES string of the molecule is CCC(C)C(CC(O)CC(=O)OC1C(O)C(C)OC(OC(=O)C23CCC(C)(C)CC2C2=CCC4C5(C)CCC(OC6OC(C(=O)O)C(O)C(O)C6OC6OC(CO)C(O)C(O)C6O)C(C)(C=O)C5CCC4(C)C2(C)CC3O)C1OC1OC(C)C(OC2OCC(O)C(O)C2O)C(OC2OC(CO)C(O)C(O)C2O)C1O)OC(=O)CC(O)CC(OC1OC(CO)C(O)C1O)C(C)CC. The van der Waals surface area contributed by atoms with Crippen LogP contribution in [0.2, 0.25) is 0 Å². The molecule has 22 N–H and O–H groups in total. The normalized spacial score (nSPS) is 48.4. The lowest BCUT2D eigenvalue weighted by molar-refractivity contribution is -0.394. The number of ether oxygens (including phenoxy) is 16. The Hall–Kier alpha value is -4.07. The molecule has 11 fully saturated rings. The molecule has 0 bridgehead atoms. The van der Waals surface area contributed by atoms with Crippen molar-refractivity contribution in [3.8, 4) is 0 Å². The lowest BCUT2D eigenvalue weighted by Gasteiger charge is -2.71. The minimum Gasteiger partial charge on any atom is -0.479 e. The van der Waals surface area contributed by atoms with Gasteiger partial charge < -0.3 is 193 Å². The van der Waals surface area contributed by atoms with Crippen molar-refractivity contribution in [1.82, 2.24) is 0 Å². The van der Waals surface area contributed by atoms with Crippen LogP contribution >= 0.6 is 0 Å². The van der Waals surface area contributed by atoms with Crippen molar-refractivity contribution >= 4 is 30.2 Å². The summed E-state index contributed by atoms with van der Waals surface area (Å²) >= 11 is 0. The average molecular weight is 1890 g/mol. The van der Waals surface area contributed by atoms with Crippen molar-refractivity contribution in [2.24, 2.45) is 62.1 Å². The van der Waals surface area contributed by atoms with Crippen LogP contribution in [0.25, 0.3) is 0 Å². The number of rotatable bonds is 33. The molecule has 7 heterocycles. The highest BCUT2D eigenvalue weighted by molar-refractivity contribution is 5.80. The summed E-state index contributed by atoms with van der Waals surface area (Å²) in [4.78, 5) is 72.0. The molecule has 5 aliphatic carbocycles. The van der Waals surface area contributed by atoms with E-state index in [4.69, 9.17) is 75.8 Å². The summed E-state index contributed by atoms with van der Waals surface area (Å²) < 4.78 is 97.6. The molecule has 131 heavy (non-hydrogen) atoms. The Morgan fingerprint density at radius 1 is 0.496 bits per heavy atom. The molecule has 12 rings (SSSR count). The molecule has 43 nitrogen and oxygen atoms in total. The quantitative estimate of drug-likeness (QED) is 0.00964. The summed E-state index contributed by atoms with van der Waals surface area (Å²) in [6, 6.07) is 0. The highest BCUT2D eigenvalue weighted by atomic mass is 16.8. The molecule has 0 aromatic carbocycles. The van der Waals surface area contributed by atoms with Crippen molar-refractivity contribution < 1.29 is 212 Å². The van der Waals surface area contributed by atoms with Crippen molar-refractivity contribution in [3.63, 3.8) is 0 Å². The molecule has 49 unspecified atom stereocenters. The van der Waals surface area contributed by atoms with E-state index in [1.54, 1.807) is 27.7 Å². The topological polar surface area (TPSA) is 678 Å². The number of carbonyl (C=O) groups excluding carboxylic acids is 4. The van der Waals surface area contributed by atoms with Gasteiger partial charge in [0.1, 0.15) is 146 Å².